The largest absolute Gasteiger partial charge is 0.293 e. The fourth-order valence-corrected chi connectivity index (χ4v) is 4.15. The van der Waals surface area contributed by atoms with Crippen molar-refractivity contribution in [3.63, 3.8) is 0 Å². The van der Waals surface area contributed by atoms with Gasteiger partial charge >= 0.3 is 0 Å². The Bertz CT molecular complexity index is 1160. The number of carbonyl (C=O) groups excluding carboxylic acids is 1. The van der Waals surface area contributed by atoms with E-state index in [1.54, 1.807) is 24.3 Å². The van der Waals surface area contributed by atoms with Crippen LogP contribution in [-0.2, 0) is 0 Å². The standard InChI is InChI=1S/C22H15Cl2N3OS/c23-17-11-5-4-10-16(17)21-25-26-22(27(21)19-13-7-6-12-18(19)24)29-14-20(28)15-8-2-1-3-9-15/h1-13H,14H2. The van der Waals surface area contributed by atoms with Gasteiger partial charge in [-0.05, 0) is 24.3 Å². The first kappa shape index (κ1) is 19.7. The molecule has 0 bridgehead atoms. The summed E-state index contributed by atoms with van der Waals surface area (Å²) in [5.74, 6) is 0.816. The predicted octanol–water partition coefficient (Wildman–Crippen LogP) is 6.22. The summed E-state index contributed by atoms with van der Waals surface area (Å²) in [5, 5.41) is 10.4. The predicted molar refractivity (Wildman–Crippen MR) is 118 cm³/mol. The summed E-state index contributed by atoms with van der Waals surface area (Å²) in [6.07, 6.45) is 0. The van der Waals surface area contributed by atoms with Crippen LogP contribution in [-0.4, -0.2) is 26.3 Å². The molecule has 4 nitrogen and oxygen atoms in total. The maximum Gasteiger partial charge on any atom is 0.196 e. The van der Waals surface area contributed by atoms with Crippen LogP contribution >= 0.6 is 35.0 Å². The first-order valence-electron chi connectivity index (χ1n) is 8.81. The Kier molecular flexibility index (Phi) is 6.00. The quantitative estimate of drug-likeness (QED) is 0.264. The van der Waals surface area contributed by atoms with Crippen LogP contribution < -0.4 is 0 Å². The number of para-hydroxylation sites is 1. The van der Waals surface area contributed by atoms with Crippen molar-refractivity contribution in [1.82, 2.24) is 14.8 Å². The minimum Gasteiger partial charge on any atom is -0.293 e. The molecule has 0 unspecified atom stereocenters. The highest BCUT2D eigenvalue weighted by Gasteiger charge is 2.20. The summed E-state index contributed by atoms with van der Waals surface area (Å²) >= 11 is 14.2. The summed E-state index contributed by atoms with van der Waals surface area (Å²) in [6, 6.07) is 24.0. The van der Waals surface area contributed by atoms with Gasteiger partial charge in [0, 0.05) is 11.1 Å². The number of ketones is 1. The average Bonchev–Trinajstić information content (AvgIpc) is 3.16. The summed E-state index contributed by atoms with van der Waals surface area (Å²) in [6.45, 7) is 0. The van der Waals surface area contributed by atoms with Gasteiger partial charge in [0.1, 0.15) is 0 Å². The van der Waals surface area contributed by atoms with Crippen molar-refractivity contribution < 1.29 is 4.79 Å². The lowest BCUT2D eigenvalue weighted by molar-refractivity contribution is 0.102. The molecule has 0 spiro atoms. The maximum absolute atomic E-state index is 12.5. The highest BCUT2D eigenvalue weighted by atomic mass is 35.5. The van der Waals surface area contributed by atoms with Crippen LogP contribution in [0.2, 0.25) is 10.0 Å². The third kappa shape index (κ3) is 4.22. The Labute approximate surface area is 182 Å². The Morgan fingerprint density at radius 2 is 1.48 bits per heavy atom. The van der Waals surface area contributed by atoms with E-state index in [-0.39, 0.29) is 11.5 Å². The van der Waals surface area contributed by atoms with Crippen molar-refractivity contribution in [3.8, 4) is 17.1 Å². The van der Waals surface area contributed by atoms with Gasteiger partial charge in [-0.25, -0.2) is 0 Å². The SMILES string of the molecule is O=C(CSc1nnc(-c2ccccc2Cl)n1-c1ccccc1Cl)c1ccccc1. The van der Waals surface area contributed by atoms with Gasteiger partial charge in [-0.1, -0.05) is 89.6 Å². The molecule has 0 aliphatic heterocycles. The van der Waals surface area contributed by atoms with E-state index in [0.29, 0.717) is 26.6 Å². The van der Waals surface area contributed by atoms with Crippen LogP contribution in [0.4, 0.5) is 0 Å². The Morgan fingerprint density at radius 3 is 2.21 bits per heavy atom. The minimum absolute atomic E-state index is 0.0172. The molecule has 4 aromatic rings. The molecule has 0 saturated heterocycles. The van der Waals surface area contributed by atoms with E-state index >= 15 is 0 Å². The minimum atomic E-state index is 0.0172. The van der Waals surface area contributed by atoms with E-state index in [1.165, 1.54) is 11.8 Å². The average molecular weight is 440 g/mol. The second-order valence-electron chi connectivity index (χ2n) is 6.15. The van der Waals surface area contributed by atoms with E-state index in [9.17, 15) is 4.79 Å². The first-order valence-corrected chi connectivity index (χ1v) is 10.6. The van der Waals surface area contributed by atoms with Gasteiger partial charge in [-0.15, -0.1) is 10.2 Å². The Morgan fingerprint density at radius 1 is 0.828 bits per heavy atom. The van der Waals surface area contributed by atoms with E-state index in [1.807, 2.05) is 59.2 Å². The molecule has 144 valence electrons. The van der Waals surface area contributed by atoms with Gasteiger partial charge in [0.2, 0.25) is 0 Å². The van der Waals surface area contributed by atoms with Crippen LogP contribution in [0.5, 0.6) is 0 Å². The van der Waals surface area contributed by atoms with Crippen molar-refractivity contribution in [1.29, 1.82) is 0 Å². The fraction of sp³-hybridized carbons (Fsp3) is 0.0455. The van der Waals surface area contributed by atoms with Crippen molar-refractivity contribution in [2.45, 2.75) is 5.16 Å². The van der Waals surface area contributed by atoms with Crippen LogP contribution in [0.1, 0.15) is 10.4 Å². The van der Waals surface area contributed by atoms with Crippen LogP contribution in [0, 0.1) is 0 Å². The van der Waals surface area contributed by atoms with Crippen molar-refractivity contribution >= 4 is 40.7 Å². The van der Waals surface area contributed by atoms with Crippen LogP contribution in [0.3, 0.4) is 0 Å². The Balaban J connectivity index is 1.74. The zero-order chi connectivity index (χ0) is 20.2. The molecule has 1 aromatic heterocycles. The summed E-state index contributed by atoms with van der Waals surface area (Å²) in [7, 11) is 0. The van der Waals surface area contributed by atoms with E-state index in [2.05, 4.69) is 10.2 Å². The molecule has 0 fully saturated rings. The third-order valence-corrected chi connectivity index (χ3v) is 5.85. The molecule has 0 saturated carbocycles. The highest BCUT2D eigenvalue weighted by molar-refractivity contribution is 7.99. The van der Waals surface area contributed by atoms with Gasteiger partial charge in [0.05, 0.1) is 21.5 Å². The zero-order valence-corrected chi connectivity index (χ0v) is 17.5. The van der Waals surface area contributed by atoms with Gasteiger partial charge in [0.15, 0.2) is 16.8 Å². The second kappa shape index (κ2) is 8.82. The topological polar surface area (TPSA) is 47.8 Å². The first-order chi connectivity index (χ1) is 14.1. The van der Waals surface area contributed by atoms with Gasteiger partial charge in [0.25, 0.3) is 0 Å². The number of hydrogen-bond acceptors (Lipinski definition) is 4. The lowest BCUT2D eigenvalue weighted by Gasteiger charge is -2.12. The number of nitrogens with zero attached hydrogens (tertiary/aromatic N) is 3. The van der Waals surface area contributed by atoms with E-state index in [4.69, 9.17) is 23.2 Å². The molecule has 0 N–H and O–H groups in total. The molecule has 4 rings (SSSR count). The van der Waals surface area contributed by atoms with Crippen molar-refractivity contribution in [3.05, 3.63) is 94.5 Å². The van der Waals surface area contributed by atoms with Gasteiger partial charge in [-0.2, -0.15) is 0 Å². The number of hydrogen-bond donors (Lipinski definition) is 0. The second-order valence-corrected chi connectivity index (χ2v) is 7.91. The molecule has 29 heavy (non-hydrogen) atoms. The number of rotatable bonds is 6. The third-order valence-electron chi connectivity index (χ3n) is 4.27. The maximum atomic E-state index is 12.5. The van der Waals surface area contributed by atoms with Crippen molar-refractivity contribution in [2.24, 2.45) is 0 Å². The molecular formula is C22H15Cl2N3OS. The zero-order valence-electron chi connectivity index (χ0n) is 15.1. The van der Waals surface area contributed by atoms with Gasteiger partial charge < -0.3 is 0 Å². The molecule has 3 aromatic carbocycles. The fourth-order valence-electron chi connectivity index (χ4n) is 2.87. The summed E-state index contributed by atoms with van der Waals surface area (Å²) in [4.78, 5) is 12.5. The number of carbonyl (C=O) groups is 1. The van der Waals surface area contributed by atoms with Crippen molar-refractivity contribution in [2.75, 3.05) is 5.75 Å². The molecule has 1 heterocycles. The highest BCUT2D eigenvalue weighted by Crippen LogP contribution is 2.34. The molecule has 0 atom stereocenters. The van der Waals surface area contributed by atoms with Gasteiger partial charge in [-0.3, -0.25) is 9.36 Å². The van der Waals surface area contributed by atoms with Crippen LogP contribution in [0.15, 0.2) is 84.0 Å². The number of aromatic nitrogens is 3. The van der Waals surface area contributed by atoms with E-state index in [0.717, 1.165) is 11.3 Å². The Hall–Kier alpha value is -2.60. The number of thioether (sulfide) groups is 1. The van der Waals surface area contributed by atoms with Crippen LogP contribution in [0.25, 0.3) is 17.1 Å². The molecule has 0 radical (unpaired) electrons. The monoisotopic (exact) mass is 439 g/mol. The molecule has 7 heteroatoms. The summed E-state index contributed by atoms with van der Waals surface area (Å²) < 4.78 is 1.84. The number of Topliss-reactive ketones (excluding diaryl/α,β-unsaturated/α-hetero) is 1. The lowest BCUT2D eigenvalue weighted by atomic mass is 10.2. The summed E-state index contributed by atoms with van der Waals surface area (Å²) in [5.41, 5.74) is 2.13. The molecular weight excluding hydrogens is 425 g/mol. The number of benzene rings is 3. The number of halogens is 2. The molecule has 0 amide bonds. The molecule has 0 aliphatic rings. The van der Waals surface area contributed by atoms with E-state index < -0.39 is 0 Å². The smallest absolute Gasteiger partial charge is 0.196 e. The lowest BCUT2D eigenvalue weighted by Crippen LogP contribution is -2.05. The normalized spacial score (nSPS) is 10.8. The molecule has 0 aliphatic carbocycles.